The molecule has 0 spiro atoms. The van der Waals surface area contributed by atoms with E-state index >= 15 is 0 Å². The van der Waals surface area contributed by atoms with Gasteiger partial charge in [-0.25, -0.2) is 16.8 Å². The van der Waals surface area contributed by atoms with Crippen LogP contribution in [-0.2, 0) is 24.8 Å². The zero-order valence-electron chi connectivity index (χ0n) is 29.2. The van der Waals surface area contributed by atoms with Gasteiger partial charge in [0, 0.05) is 38.3 Å². The summed E-state index contributed by atoms with van der Waals surface area (Å²) in [5, 5.41) is 14.0. The van der Waals surface area contributed by atoms with Crippen LogP contribution in [0.4, 0.5) is 5.69 Å². The molecule has 49 heavy (non-hydrogen) atoms. The van der Waals surface area contributed by atoms with Crippen molar-refractivity contribution in [1.82, 2.24) is 14.4 Å². The lowest BCUT2D eigenvalue weighted by atomic mass is 10.0. The quantitative estimate of drug-likeness (QED) is 0.321. The lowest BCUT2D eigenvalue weighted by molar-refractivity contribution is -0.00835. The Morgan fingerprint density at radius 2 is 1.76 bits per heavy atom. The third-order valence-electron chi connectivity index (χ3n) is 8.71. The fourth-order valence-electron chi connectivity index (χ4n) is 5.73. The number of anilines is 1. The predicted octanol–water partition coefficient (Wildman–Crippen LogP) is 4.52. The van der Waals surface area contributed by atoms with Gasteiger partial charge in [-0.05, 0) is 84.2 Å². The van der Waals surface area contributed by atoms with E-state index in [2.05, 4.69) is 9.88 Å². The summed E-state index contributed by atoms with van der Waals surface area (Å²) in [5.74, 6) is -0.406. The van der Waals surface area contributed by atoms with E-state index in [0.29, 0.717) is 19.4 Å². The van der Waals surface area contributed by atoms with Crippen LogP contribution < -0.4 is 9.46 Å². The van der Waals surface area contributed by atoms with E-state index in [1.54, 1.807) is 45.0 Å². The highest BCUT2D eigenvalue weighted by atomic mass is 32.2. The van der Waals surface area contributed by atoms with Crippen molar-refractivity contribution in [1.29, 1.82) is 0 Å². The van der Waals surface area contributed by atoms with Crippen LogP contribution in [-0.4, -0.2) is 93.8 Å². The van der Waals surface area contributed by atoms with E-state index in [1.807, 2.05) is 20.8 Å². The van der Waals surface area contributed by atoms with Gasteiger partial charge in [-0.1, -0.05) is 29.8 Å². The van der Waals surface area contributed by atoms with Crippen LogP contribution in [0, 0.1) is 26.7 Å². The van der Waals surface area contributed by atoms with Crippen LogP contribution in [0.3, 0.4) is 0 Å². The molecule has 15 heteroatoms. The van der Waals surface area contributed by atoms with Gasteiger partial charge in [0.2, 0.25) is 10.0 Å². The summed E-state index contributed by atoms with van der Waals surface area (Å²) in [4.78, 5) is 16.0. The third-order valence-corrected chi connectivity index (χ3v) is 12.2. The Kier molecular flexibility index (Phi) is 12.5. The minimum Gasteiger partial charge on any atom is -0.490 e. The molecular formula is C34H48N4O9S2. The molecule has 1 amide bonds. The minimum absolute atomic E-state index is 0.00801. The Balaban J connectivity index is 1.69. The molecule has 0 aliphatic carbocycles. The number of carbonyl (C=O) groups is 1. The lowest BCUT2D eigenvalue weighted by Gasteiger charge is -2.35. The van der Waals surface area contributed by atoms with Gasteiger partial charge in [0.1, 0.15) is 16.3 Å². The number of nitrogens with zero attached hydrogens (tertiary/aromatic N) is 3. The summed E-state index contributed by atoms with van der Waals surface area (Å²) in [5.41, 5.74) is 1.46. The van der Waals surface area contributed by atoms with E-state index in [9.17, 15) is 26.7 Å². The number of carbonyl (C=O) groups excluding carboxylic acids is 1. The first kappa shape index (κ1) is 38.3. The molecule has 4 rings (SSSR count). The highest BCUT2D eigenvalue weighted by Crippen LogP contribution is 2.30. The number of rotatable bonds is 9. The van der Waals surface area contributed by atoms with Gasteiger partial charge in [0.15, 0.2) is 5.76 Å². The summed E-state index contributed by atoms with van der Waals surface area (Å²) in [6.45, 7) is 10.5. The van der Waals surface area contributed by atoms with Gasteiger partial charge in [-0.15, -0.1) is 0 Å². The largest absolute Gasteiger partial charge is 0.490 e. The minimum atomic E-state index is -3.97. The van der Waals surface area contributed by atoms with Crippen molar-refractivity contribution in [2.24, 2.45) is 5.92 Å². The molecule has 1 aromatic heterocycles. The number of sulfonamides is 2. The van der Waals surface area contributed by atoms with E-state index in [-0.39, 0.29) is 64.0 Å². The van der Waals surface area contributed by atoms with Gasteiger partial charge in [0.05, 0.1) is 35.3 Å². The number of amides is 1. The molecule has 0 saturated carbocycles. The summed E-state index contributed by atoms with van der Waals surface area (Å²) >= 11 is 0. The highest BCUT2D eigenvalue weighted by molar-refractivity contribution is 7.92. The average Bonchev–Trinajstić information content (AvgIpc) is 3.40. The van der Waals surface area contributed by atoms with Crippen LogP contribution in [0.1, 0.15) is 67.4 Å². The van der Waals surface area contributed by atoms with Gasteiger partial charge in [0.25, 0.3) is 15.9 Å². The maximum absolute atomic E-state index is 14.4. The second-order valence-corrected chi connectivity index (χ2v) is 16.5. The Morgan fingerprint density at radius 1 is 1.06 bits per heavy atom. The zero-order valence-corrected chi connectivity index (χ0v) is 30.8. The molecule has 270 valence electrons. The van der Waals surface area contributed by atoms with E-state index in [0.717, 1.165) is 12.0 Å². The van der Waals surface area contributed by atoms with Crippen molar-refractivity contribution in [2.75, 3.05) is 38.1 Å². The molecule has 0 unspecified atom stereocenters. The van der Waals surface area contributed by atoms with E-state index in [1.165, 1.54) is 34.5 Å². The Bertz CT molecular complexity index is 1790. The van der Waals surface area contributed by atoms with Crippen LogP contribution in [0.5, 0.6) is 5.75 Å². The van der Waals surface area contributed by atoms with Crippen molar-refractivity contribution >= 4 is 31.6 Å². The molecule has 13 nitrogen and oxygen atoms in total. The number of hydrogen-bond acceptors (Lipinski definition) is 10. The van der Waals surface area contributed by atoms with Gasteiger partial charge in [-0.3, -0.25) is 9.52 Å². The molecule has 1 aliphatic heterocycles. The molecule has 0 bridgehead atoms. The second kappa shape index (κ2) is 16.0. The Hall–Kier alpha value is -3.50. The molecule has 1 aliphatic rings. The van der Waals surface area contributed by atoms with E-state index in [4.69, 9.17) is 14.0 Å². The Labute approximate surface area is 289 Å². The molecule has 2 aromatic carbocycles. The monoisotopic (exact) mass is 720 g/mol. The molecule has 0 radical (unpaired) electrons. The maximum Gasteiger partial charge on any atom is 0.261 e. The van der Waals surface area contributed by atoms with Gasteiger partial charge in [-0.2, -0.15) is 4.31 Å². The number of likely N-dealkylation sites (N-methyl/N-ethyl adjacent to an activating group) is 1. The zero-order chi connectivity index (χ0) is 36.1. The van der Waals surface area contributed by atoms with Crippen molar-refractivity contribution < 1.29 is 40.7 Å². The Morgan fingerprint density at radius 3 is 2.39 bits per heavy atom. The first-order chi connectivity index (χ1) is 23.0. The summed E-state index contributed by atoms with van der Waals surface area (Å²) < 4.78 is 75.0. The summed E-state index contributed by atoms with van der Waals surface area (Å²) in [6.07, 6.45) is 1.19. The second-order valence-electron chi connectivity index (χ2n) is 12.9. The maximum atomic E-state index is 14.4. The lowest BCUT2D eigenvalue weighted by Crippen LogP contribution is -2.48. The fraction of sp³-hybridized carbons (Fsp3) is 0.529. The molecular weight excluding hydrogens is 673 g/mol. The summed E-state index contributed by atoms with van der Waals surface area (Å²) in [7, 11) is -6.47. The number of hydrogen-bond donors (Lipinski definition) is 2. The number of ether oxygens (including phenoxy) is 2. The number of fused-ring (bicyclic) bond motifs is 1. The van der Waals surface area contributed by atoms with Gasteiger partial charge >= 0.3 is 0 Å². The molecule has 3 aromatic rings. The van der Waals surface area contributed by atoms with Crippen LogP contribution in [0.15, 0.2) is 56.8 Å². The SMILES string of the molecule is Cc1ccc(S(=O)(=O)Nc2ccc3c(c2)C(=O)N([C@H](C)CO)C[C@H](C)[C@H](CN(C)S(=O)(=O)c2c(C)noc2C)OCCCC[C@H](C)O3)cc1. The molecule has 2 N–H and O–H groups in total. The number of aliphatic hydroxyl groups is 1. The fourth-order valence-corrected chi connectivity index (χ4v) is 8.25. The number of aryl methyl sites for hydroxylation is 3. The van der Waals surface area contributed by atoms with E-state index < -0.39 is 44.0 Å². The summed E-state index contributed by atoms with van der Waals surface area (Å²) in [6, 6.07) is 10.3. The number of aromatic nitrogens is 1. The van der Waals surface area contributed by atoms with Gasteiger partial charge < -0.3 is 24.0 Å². The number of aliphatic hydroxyl groups excluding tert-OH is 1. The van der Waals surface area contributed by atoms with Crippen molar-refractivity contribution in [2.45, 2.75) is 88.8 Å². The van der Waals surface area contributed by atoms with Crippen LogP contribution >= 0.6 is 0 Å². The van der Waals surface area contributed by atoms with Crippen molar-refractivity contribution in [3.8, 4) is 5.75 Å². The molecule has 0 fully saturated rings. The van der Waals surface area contributed by atoms with Crippen molar-refractivity contribution in [3.05, 3.63) is 65.0 Å². The van der Waals surface area contributed by atoms with Crippen LogP contribution in [0.25, 0.3) is 0 Å². The average molecular weight is 721 g/mol. The number of benzene rings is 2. The molecule has 0 saturated heterocycles. The normalized spacial score (nSPS) is 20.7. The first-order valence-electron chi connectivity index (χ1n) is 16.4. The van der Waals surface area contributed by atoms with Crippen LogP contribution in [0.2, 0.25) is 0 Å². The highest BCUT2D eigenvalue weighted by Gasteiger charge is 2.34. The standard InChI is InChI=1S/C34H48N4O9S2/c1-22-11-14-29(15-12-22)48(41,42)36-28-13-16-31-30(18-28)34(40)38(24(3)21-39)19-23(2)32(45-17-9-8-10-25(4)46-31)20-37(7)49(43,44)33-26(5)35-47-27(33)6/h11-16,18,23-25,32,36,39H,8-10,17,19-21H2,1-7H3/t23-,24+,25-,32-/m0/s1. The topological polar surface area (TPSA) is 169 Å². The molecule has 4 atom stereocenters. The van der Waals surface area contributed by atoms with Crippen molar-refractivity contribution in [3.63, 3.8) is 0 Å². The predicted molar refractivity (Wildman–Crippen MR) is 185 cm³/mol. The first-order valence-corrected chi connectivity index (χ1v) is 19.3. The smallest absolute Gasteiger partial charge is 0.261 e. The number of nitrogens with one attached hydrogen (secondary N) is 1. The molecule has 2 heterocycles. The third kappa shape index (κ3) is 9.19.